The molecule has 5 rings (SSSR count). The van der Waals surface area contributed by atoms with Crippen LogP contribution in [0.5, 0.6) is 5.75 Å². The number of rotatable bonds is 3. The number of carbonyl (C=O) groups is 2. The second-order valence-corrected chi connectivity index (χ2v) is 7.11. The van der Waals surface area contributed by atoms with Gasteiger partial charge in [-0.15, -0.1) is 0 Å². The number of nitrogens with one attached hydrogen (secondary N) is 1. The number of carbonyl (C=O) groups excluding carboxylic acids is 2. The number of benzene rings is 2. The molecular formula is C21H21N3O3. The minimum absolute atomic E-state index is 0. The maximum atomic E-state index is 12.7. The van der Waals surface area contributed by atoms with Crippen molar-refractivity contribution in [1.82, 2.24) is 14.8 Å². The predicted molar refractivity (Wildman–Crippen MR) is 103 cm³/mol. The van der Waals surface area contributed by atoms with E-state index in [4.69, 9.17) is 4.74 Å². The fourth-order valence-electron chi connectivity index (χ4n) is 4.06. The average molecular weight is 363 g/mol. The van der Waals surface area contributed by atoms with Crippen LogP contribution in [0.2, 0.25) is 0 Å². The molecular weight excluding hydrogens is 342 g/mol. The van der Waals surface area contributed by atoms with E-state index in [0.717, 1.165) is 33.5 Å². The molecule has 1 saturated heterocycles. The van der Waals surface area contributed by atoms with Crippen LogP contribution in [0.3, 0.4) is 0 Å². The van der Waals surface area contributed by atoms with Crippen molar-refractivity contribution in [3.63, 3.8) is 0 Å². The van der Waals surface area contributed by atoms with E-state index in [0.29, 0.717) is 19.7 Å². The zero-order valence-electron chi connectivity index (χ0n) is 14.9. The molecule has 2 bridgehead atoms. The van der Waals surface area contributed by atoms with Crippen LogP contribution in [0.25, 0.3) is 10.9 Å². The molecule has 1 aromatic heterocycles. The first-order valence-corrected chi connectivity index (χ1v) is 8.99. The van der Waals surface area contributed by atoms with Crippen LogP contribution in [-0.4, -0.2) is 40.3 Å². The third-order valence-corrected chi connectivity index (χ3v) is 5.43. The number of likely N-dealkylation sites (N-methyl/N-ethyl adjacent to an activating group) is 1. The van der Waals surface area contributed by atoms with Crippen LogP contribution in [0.4, 0.5) is 4.79 Å². The molecule has 0 aliphatic carbocycles. The lowest BCUT2D eigenvalue weighted by Gasteiger charge is -2.40. The second-order valence-electron chi connectivity index (χ2n) is 7.11. The average Bonchev–Trinajstić information content (AvgIpc) is 3.07. The predicted octanol–water partition coefficient (Wildman–Crippen LogP) is 3.48. The monoisotopic (exact) mass is 363 g/mol. The highest BCUT2D eigenvalue weighted by molar-refractivity contribution is 6.03. The molecule has 138 valence electrons. The Morgan fingerprint density at radius 2 is 2.00 bits per heavy atom. The smallest absolute Gasteiger partial charge is 0.326 e. The molecule has 3 aromatic rings. The fraction of sp³-hybridized carbons (Fsp3) is 0.238. The van der Waals surface area contributed by atoms with Crippen molar-refractivity contribution in [3.05, 3.63) is 65.4 Å². The van der Waals surface area contributed by atoms with Crippen LogP contribution in [-0.2, 0) is 17.9 Å². The Morgan fingerprint density at radius 3 is 2.81 bits per heavy atom. The first kappa shape index (κ1) is 15.9. The summed E-state index contributed by atoms with van der Waals surface area (Å²) in [5.41, 5.74) is 4.00. The Balaban J connectivity index is 0.00000192. The molecule has 1 unspecified atom stereocenters. The largest absolute Gasteiger partial charge is 0.489 e. The lowest BCUT2D eigenvalue weighted by Crippen LogP contribution is -2.55. The van der Waals surface area contributed by atoms with E-state index >= 15 is 0 Å². The summed E-state index contributed by atoms with van der Waals surface area (Å²) in [6, 6.07) is 15.7. The quantitative estimate of drug-likeness (QED) is 0.775. The van der Waals surface area contributed by atoms with E-state index in [-0.39, 0.29) is 19.3 Å². The number of aromatic amines is 1. The van der Waals surface area contributed by atoms with Crippen molar-refractivity contribution in [2.75, 3.05) is 13.6 Å². The first-order valence-electron chi connectivity index (χ1n) is 8.99. The Hall–Kier alpha value is -3.28. The maximum Gasteiger partial charge on any atom is 0.326 e. The number of hydrogen-bond acceptors (Lipinski definition) is 3. The Morgan fingerprint density at radius 1 is 1.19 bits per heavy atom. The number of urea groups is 1. The van der Waals surface area contributed by atoms with Gasteiger partial charge in [-0.25, -0.2) is 4.79 Å². The highest BCUT2D eigenvalue weighted by atomic mass is 16.5. The van der Waals surface area contributed by atoms with E-state index in [1.165, 1.54) is 4.90 Å². The summed E-state index contributed by atoms with van der Waals surface area (Å²) in [4.78, 5) is 31.2. The molecule has 0 radical (unpaired) electrons. The van der Waals surface area contributed by atoms with E-state index in [1.807, 2.05) is 48.5 Å². The topological polar surface area (TPSA) is 65.6 Å². The third-order valence-electron chi connectivity index (χ3n) is 5.43. The van der Waals surface area contributed by atoms with Crippen molar-refractivity contribution in [2.45, 2.75) is 19.1 Å². The Kier molecular flexibility index (Phi) is 3.47. The summed E-state index contributed by atoms with van der Waals surface area (Å²) in [6.07, 6.45) is 0. The van der Waals surface area contributed by atoms with Crippen molar-refractivity contribution in [3.8, 4) is 5.75 Å². The molecule has 1 N–H and O–H groups in total. The molecule has 1 atom stereocenters. The molecule has 2 aromatic carbocycles. The zero-order valence-corrected chi connectivity index (χ0v) is 14.9. The van der Waals surface area contributed by atoms with Crippen molar-refractivity contribution < 1.29 is 15.8 Å². The van der Waals surface area contributed by atoms with Crippen molar-refractivity contribution >= 4 is 22.8 Å². The van der Waals surface area contributed by atoms with Gasteiger partial charge in [-0.1, -0.05) is 30.3 Å². The summed E-state index contributed by atoms with van der Waals surface area (Å²) < 4.78 is 5.96. The molecule has 0 saturated carbocycles. The molecule has 2 aliphatic rings. The highest BCUT2D eigenvalue weighted by Gasteiger charge is 2.43. The maximum absolute atomic E-state index is 12.7. The lowest BCUT2D eigenvalue weighted by molar-refractivity contribution is -0.132. The van der Waals surface area contributed by atoms with E-state index in [2.05, 4.69) is 4.98 Å². The van der Waals surface area contributed by atoms with E-state index < -0.39 is 0 Å². The number of imide groups is 1. The first-order chi connectivity index (χ1) is 13.1. The number of amides is 3. The minimum Gasteiger partial charge on any atom is -0.489 e. The van der Waals surface area contributed by atoms with Crippen LogP contribution in [0.15, 0.2) is 48.5 Å². The van der Waals surface area contributed by atoms with Gasteiger partial charge in [0.2, 0.25) is 5.91 Å². The third kappa shape index (κ3) is 2.48. The number of aromatic nitrogens is 1. The van der Waals surface area contributed by atoms with E-state index in [9.17, 15) is 9.59 Å². The van der Waals surface area contributed by atoms with Gasteiger partial charge in [-0.05, 0) is 29.3 Å². The standard InChI is InChI=1S/C21H19N3O3.H2/c1-23-20(25)16-10-24(21(23)26)11-18-19(16)15-9-14(7-8-17(15)22-18)27-12-13-5-3-2-4-6-13;/h2-9,16,22H,10-12H2,1H3;1H. The zero-order chi connectivity index (χ0) is 18.5. The molecule has 3 amide bonds. The molecule has 6 nitrogen and oxygen atoms in total. The van der Waals surface area contributed by atoms with Gasteiger partial charge in [0.25, 0.3) is 0 Å². The summed E-state index contributed by atoms with van der Waals surface area (Å²) >= 11 is 0. The molecule has 3 heterocycles. The van der Waals surface area contributed by atoms with Gasteiger partial charge >= 0.3 is 6.03 Å². The van der Waals surface area contributed by atoms with Crippen molar-refractivity contribution in [2.24, 2.45) is 0 Å². The molecule has 1 fully saturated rings. The summed E-state index contributed by atoms with van der Waals surface area (Å²) in [5.74, 6) is 0.298. The second kappa shape index (κ2) is 5.87. The Bertz CT molecular complexity index is 1060. The normalized spacial score (nSPS) is 18.8. The Labute approximate surface area is 157 Å². The van der Waals surface area contributed by atoms with Gasteiger partial charge in [-0.3, -0.25) is 9.69 Å². The molecule has 0 spiro atoms. The van der Waals surface area contributed by atoms with Gasteiger partial charge < -0.3 is 14.6 Å². The van der Waals surface area contributed by atoms with Crippen LogP contribution in [0, 0.1) is 0 Å². The van der Waals surface area contributed by atoms with Gasteiger partial charge in [0, 0.05) is 31.6 Å². The number of hydrogen-bond donors (Lipinski definition) is 1. The summed E-state index contributed by atoms with van der Waals surface area (Å²) in [5, 5.41) is 0.997. The fourth-order valence-corrected chi connectivity index (χ4v) is 4.06. The summed E-state index contributed by atoms with van der Waals surface area (Å²) in [7, 11) is 1.55. The van der Waals surface area contributed by atoms with Crippen LogP contribution in [0.1, 0.15) is 24.2 Å². The SMILES string of the molecule is CN1C(=O)C2CN(Cc3[nH]c4ccc(OCc5ccccc5)cc4c32)C1=O.[HH]. The van der Waals surface area contributed by atoms with Crippen LogP contribution < -0.4 is 4.74 Å². The van der Waals surface area contributed by atoms with Gasteiger partial charge in [0.15, 0.2) is 0 Å². The molecule has 6 heteroatoms. The number of ether oxygens (including phenoxy) is 1. The molecule has 2 aliphatic heterocycles. The van der Waals surface area contributed by atoms with Gasteiger partial charge in [-0.2, -0.15) is 0 Å². The minimum atomic E-state index is -0.324. The lowest BCUT2D eigenvalue weighted by atomic mass is 9.89. The highest BCUT2D eigenvalue weighted by Crippen LogP contribution is 2.39. The number of H-pyrrole nitrogens is 1. The molecule has 27 heavy (non-hydrogen) atoms. The number of nitrogens with zero attached hydrogens (tertiary/aromatic N) is 2. The van der Waals surface area contributed by atoms with Gasteiger partial charge in [0.05, 0.1) is 12.5 Å². The van der Waals surface area contributed by atoms with Crippen molar-refractivity contribution in [1.29, 1.82) is 0 Å². The summed E-state index contributed by atoms with van der Waals surface area (Å²) in [6.45, 7) is 1.43. The van der Waals surface area contributed by atoms with E-state index in [1.54, 1.807) is 11.9 Å². The number of fused-ring (bicyclic) bond motifs is 6. The van der Waals surface area contributed by atoms with Gasteiger partial charge in [0.1, 0.15) is 12.4 Å². The van der Waals surface area contributed by atoms with Crippen LogP contribution >= 0.6 is 0 Å².